The third-order valence-corrected chi connectivity index (χ3v) is 2.81. The zero-order valence-electron chi connectivity index (χ0n) is 8.62. The van der Waals surface area contributed by atoms with Crippen molar-refractivity contribution in [1.29, 1.82) is 0 Å². The topological polar surface area (TPSA) is 22.1 Å². The van der Waals surface area contributed by atoms with E-state index in [-0.39, 0.29) is 0 Å². The molecule has 0 aliphatic rings. The highest BCUT2D eigenvalue weighted by Gasteiger charge is 2.05. The molecule has 2 nitrogen and oxygen atoms in total. The van der Waals surface area contributed by atoms with Crippen LogP contribution in [0.3, 0.4) is 0 Å². The summed E-state index contributed by atoms with van der Waals surface area (Å²) in [6.07, 6.45) is 2.55. The first-order valence-electron chi connectivity index (χ1n) is 5.05. The molecule has 84 valence electrons. The van der Waals surface area contributed by atoms with Crippen LogP contribution >= 0.6 is 23.2 Å². The van der Waals surface area contributed by atoms with Crippen LogP contribution in [0.15, 0.2) is 30.5 Å². The minimum absolute atomic E-state index is 0.594. The Morgan fingerprint density at radius 1 is 1.25 bits per heavy atom. The quantitative estimate of drug-likeness (QED) is 0.611. The second-order valence-corrected chi connectivity index (χ2v) is 4.12. The number of halogens is 2. The van der Waals surface area contributed by atoms with Gasteiger partial charge in [0, 0.05) is 17.5 Å². The monoisotopic (exact) mass is 255 g/mol. The Bertz CT molecular complexity index is 487. The third kappa shape index (κ3) is 2.39. The van der Waals surface area contributed by atoms with E-state index in [2.05, 4.69) is 4.98 Å². The SMILES string of the molecule is ClCCCOc1ccc(Cl)c2cccnc12. The van der Waals surface area contributed by atoms with Crippen molar-refractivity contribution in [3.8, 4) is 5.75 Å². The summed E-state index contributed by atoms with van der Waals surface area (Å²) in [5, 5.41) is 1.60. The molecule has 1 aromatic heterocycles. The van der Waals surface area contributed by atoms with Gasteiger partial charge in [-0.2, -0.15) is 0 Å². The number of hydrogen-bond acceptors (Lipinski definition) is 2. The minimum atomic E-state index is 0.594. The highest BCUT2D eigenvalue weighted by molar-refractivity contribution is 6.35. The number of rotatable bonds is 4. The average Bonchev–Trinajstić information content (AvgIpc) is 2.33. The van der Waals surface area contributed by atoms with E-state index < -0.39 is 0 Å². The Morgan fingerprint density at radius 2 is 2.12 bits per heavy atom. The molecule has 0 bridgehead atoms. The van der Waals surface area contributed by atoms with Crippen LogP contribution in [-0.2, 0) is 0 Å². The van der Waals surface area contributed by atoms with Gasteiger partial charge in [0.25, 0.3) is 0 Å². The largest absolute Gasteiger partial charge is 0.491 e. The molecule has 2 aromatic rings. The molecule has 0 unspecified atom stereocenters. The Hall–Kier alpha value is -0.990. The Balaban J connectivity index is 2.35. The fourth-order valence-electron chi connectivity index (χ4n) is 1.47. The lowest BCUT2D eigenvalue weighted by Crippen LogP contribution is -1.99. The first-order valence-corrected chi connectivity index (χ1v) is 5.96. The van der Waals surface area contributed by atoms with Crippen molar-refractivity contribution < 1.29 is 4.74 Å². The summed E-state index contributed by atoms with van der Waals surface area (Å²) in [4.78, 5) is 4.28. The highest BCUT2D eigenvalue weighted by Crippen LogP contribution is 2.29. The zero-order chi connectivity index (χ0) is 11.4. The molecule has 0 aliphatic carbocycles. The summed E-state index contributed by atoms with van der Waals surface area (Å²) in [7, 11) is 0. The Kier molecular flexibility index (Phi) is 3.86. The van der Waals surface area contributed by atoms with Gasteiger partial charge in [0.05, 0.1) is 11.6 Å². The lowest BCUT2D eigenvalue weighted by Gasteiger charge is -2.08. The average molecular weight is 256 g/mol. The predicted octanol–water partition coefficient (Wildman–Crippen LogP) is 3.90. The van der Waals surface area contributed by atoms with Gasteiger partial charge in [0.2, 0.25) is 0 Å². The van der Waals surface area contributed by atoms with Crippen LogP contribution in [0.1, 0.15) is 6.42 Å². The molecule has 0 radical (unpaired) electrons. The molecule has 0 fully saturated rings. The highest BCUT2D eigenvalue weighted by atomic mass is 35.5. The predicted molar refractivity (Wildman–Crippen MR) is 67.6 cm³/mol. The van der Waals surface area contributed by atoms with Gasteiger partial charge in [-0.15, -0.1) is 11.6 Å². The zero-order valence-corrected chi connectivity index (χ0v) is 10.1. The molecule has 0 amide bonds. The summed E-state index contributed by atoms with van der Waals surface area (Å²) >= 11 is 11.7. The Morgan fingerprint density at radius 3 is 2.94 bits per heavy atom. The van der Waals surface area contributed by atoms with Gasteiger partial charge in [-0.1, -0.05) is 11.6 Å². The van der Waals surface area contributed by atoms with E-state index in [9.17, 15) is 0 Å². The van der Waals surface area contributed by atoms with Crippen molar-refractivity contribution in [3.05, 3.63) is 35.5 Å². The molecule has 0 saturated heterocycles. The first kappa shape index (κ1) is 11.5. The van der Waals surface area contributed by atoms with Crippen molar-refractivity contribution in [2.24, 2.45) is 0 Å². The molecule has 0 saturated carbocycles. The standard InChI is InChI=1S/C12H11Cl2NO/c13-6-2-8-16-11-5-4-10(14)9-3-1-7-15-12(9)11/h1,3-5,7H,2,6,8H2. The summed E-state index contributed by atoms with van der Waals surface area (Å²) in [6, 6.07) is 7.45. The van der Waals surface area contributed by atoms with Gasteiger partial charge >= 0.3 is 0 Å². The normalized spacial score (nSPS) is 10.6. The van der Waals surface area contributed by atoms with Gasteiger partial charge in [0.1, 0.15) is 11.3 Å². The van der Waals surface area contributed by atoms with E-state index in [4.69, 9.17) is 27.9 Å². The van der Waals surface area contributed by atoms with Gasteiger partial charge in [-0.3, -0.25) is 4.98 Å². The van der Waals surface area contributed by atoms with E-state index >= 15 is 0 Å². The minimum Gasteiger partial charge on any atom is -0.491 e. The van der Waals surface area contributed by atoms with E-state index in [0.717, 1.165) is 23.1 Å². The molecule has 0 atom stereocenters. The van der Waals surface area contributed by atoms with Gasteiger partial charge in [-0.05, 0) is 30.7 Å². The maximum atomic E-state index is 6.07. The number of benzene rings is 1. The van der Waals surface area contributed by atoms with Crippen LogP contribution in [0, 0.1) is 0 Å². The number of alkyl halides is 1. The van der Waals surface area contributed by atoms with E-state index in [1.54, 1.807) is 6.20 Å². The summed E-state index contributed by atoms with van der Waals surface area (Å²) in [5.74, 6) is 1.35. The van der Waals surface area contributed by atoms with Crippen LogP contribution in [0.25, 0.3) is 10.9 Å². The molecular weight excluding hydrogens is 245 g/mol. The molecule has 16 heavy (non-hydrogen) atoms. The van der Waals surface area contributed by atoms with Gasteiger partial charge in [-0.25, -0.2) is 0 Å². The molecule has 2 rings (SSSR count). The third-order valence-electron chi connectivity index (χ3n) is 2.21. The lowest BCUT2D eigenvalue weighted by molar-refractivity contribution is 0.321. The Labute approximate surface area is 104 Å². The molecule has 0 spiro atoms. The second kappa shape index (κ2) is 5.37. The fraction of sp³-hybridized carbons (Fsp3) is 0.250. The van der Waals surface area contributed by atoms with Crippen molar-refractivity contribution >= 4 is 34.1 Å². The number of aromatic nitrogens is 1. The first-order chi connectivity index (χ1) is 7.83. The van der Waals surface area contributed by atoms with Crippen LogP contribution < -0.4 is 4.74 Å². The molecule has 0 aliphatic heterocycles. The summed E-state index contributed by atoms with van der Waals surface area (Å²) in [6.45, 7) is 0.594. The van der Waals surface area contributed by atoms with E-state index in [1.807, 2.05) is 24.3 Å². The lowest BCUT2D eigenvalue weighted by atomic mass is 10.2. The van der Waals surface area contributed by atoms with Gasteiger partial charge < -0.3 is 4.74 Å². The van der Waals surface area contributed by atoms with Crippen molar-refractivity contribution in [1.82, 2.24) is 4.98 Å². The summed E-state index contributed by atoms with van der Waals surface area (Å²) in [5.41, 5.74) is 0.796. The summed E-state index contributed by atoms with van der Waals surface area (Å²) < 4.78 is 5.61. The van der Waals surface area contributed by atoms with Crippen molar-refractivity contribution in [3.63, 3.8) is 0 Å². The van der Waals surface area contributed by atoms with Crippen LogP contribution in [0.5, 0.6) is 5.75 Å². The maximum absolute atomic E-state index is 6.07. The van der Waals surface area contributed by atoms with Gasteiger partial charge in [0.15, 0.2) is 0 Å². The molecule has 4 heteroatoms. The molecule has 1 heterocycles. The number of ether oxygens (including phenoxy) is 1. The number of pyridine rings is 1. The molecular formula is C12H11Cl2NO. The molecule has 1 aromatic carbocycles. The van der Waals surface area contributed by atoms with Crippen molar-refractivity contribution in [2.75, 3.05) is 12.5 Å². The van der Waals surface area contributed by atoms with Crippen LogP contribution in [0.4, 0.5) is 0 Å². The smallest absolute Gasteiger partial charge is 0.145 e. The fourth-order valence-corrected chi connectivity index (χ4v) is 1.79. The molecule has 0 N–H and O–H groups in total. The van der Waals surface area contributed by atoms with E-state index in [0.29, 0.717) is 17.5 Å². The van der Waals surface area contributed by atoms with Crippen molar-refractivity contribution in [2.45, 2.75) is 6.42 Å². The number of nitrogens with zero attached hydrogens (tertiary/aromatic N) is 1. The number of hydrogen-bond donors (Lipinski definition) is 0. The number of fused-ring (bicyclic) bond motifs is 1. The van der Waals surface area contributed by atoms with Crippen LogP contribution in [0.2, 0.25) is 5.02 Å². The second-order valence-electron chi connectivity index (χ2n) is 3.34. The van der Waals surface area contributed by atoms with E-state index in [1.165, 1.54) is 0 Å². The maximum Gasteiger partial charge on any atom is 0.145 e. The van der Waals surface area contributed by atoms with Crippen LogP contribution in [-0.4, -0.2) is 17.5 Å².